The fourth-order valence-corrected chi connectivity index (χ4v) is 2.00. The van der Waals surface area contributed by atoms with E-state index in [1.165, 1.54) is 0 Å². The van der Waals surface area contributed by atoms with Crippen LogP contribution in [-0.4, -0.2) is 35.5 Å². The minimum atomic E-state index is 0.0910. The summed E-state index contributed by atoms with van der Waals surface area (Å²) in [6.07, 6.45) is 2.30. The third-order valence-corrected chi connectivity index (χ3v) is 2.89. The number of nitrogen functional groups attached to an aromatic ring is 1. The van der Waals surface area contributed by atoms with Crippen molar-refractivity contribution in [1.29, 1.82) is 0 Å². The van der Waals surface area contributed by atoms with Crippen LogP contribution in [0.25, 0.3) is 0 Å². The normalized spacial score (nSPS) is 16.3. The molecule has 1 fully saturated rings. The van der Waals surface area contributed by atoms with Crippen LogP contribution in [0.1, 0.15) is 25.6 Å². The van der Waals surface area contributed by atoms with Crippen LogP contribution >= 0.6 is 0 Å². The molecular formula is C12H19N5O. The molecule has 0 radical (unpaired) electrons. The van der Waals surface area contributed by atoms with Crippen molar-refractivity contribution >= 4 is 17.5 Å². The molecule has 2 heterocycles. The number of hydrogen-bond donors (Lipinski definition) is 2. The molecule has 0 aromatic carbocycles. The number of anilines is 2. The highest BCUT2D eigenvalue weighted by Gasteiger charge is 2.15. The van der Waals surface area contributed by atoms with E-state index in [0.717, 1.165) is 31.0 Å². The molecule has 1 aliphatic heterocycles. The predicted molar refractivity (Wildman–Crippen MR) is 70.3 cm³/mol. The lowest BCUT2D eigenvalue weighted by atomic mass is 10.3. The summed E-state index contributed by atoms with van der Waals surface area (Å²) >= 11 is 0. The van der Waals surface area contributed by atoms with E-state index < -0.39 is 0 Å². The van der Waals surface area contributed by atoms with Gasteiger partial charge in [-0.1, -0.05) is 6.92 Å². The number of nitrogens with zero attached hydrogens (tertiary/aromatic N) is 3. The van der Waals surface area contributed by atoms with Crippen LogP contribution in [0.2, 0.25) is 0 Å². The van der Waals surface area contributed by atoms with Gasteiger partial charge in [-0.25, -0.2) is 9.97 Å². The van der Waals surface area contributed by atoms with E-state index >= 15 is 0 Å². The van der Waals surface area contributed by atoms with Gasteiger partial charge in [-0.3, -0.25) is 4.79 Å². The highest BCUT2D eigenvalue weighted by molar-refractivity contribution is 5.77. The SMILES string of the molecule is CCCc1nc(N)cc(N2CCNC(=O)CC2)n1. The van der Waals surface area contributed by atoms with Crippen molar-refractivity contribution in [3.8, 4) is 0 Å². The van der Waals surface area contributed by atoms with Gasteiger partial charge in [0.05, 0.1) is 0 Å². The largest absolute Gasteiger partial charge is 0.384 e. The molecule has 1 amide bonds. The van der Waals surface area contributed by atoms with E-state index in [1.54, 1.807) is 6.07 Å². The van der Waals surface area contributed by atoms with Crippen molar-refractivity contribution < 1.29 is 4.79 Å². The molecule has 1 aromatic rings. The third kappa shape index (κ3) is 3.09. The highest BCUT2D eigenvalue weighted by atomic mass is 16.1. The molecule has 0 bridgehead atoms. The molecule has 0 spiro atoms. The molecule has 0 atom stereocenters. The van der Waals surface area contributed by atoms with Crippen LogP contribution in [0.4, 0.5) is 11.6 Å². The van der Waals surface area contributed by atoms with E-state index in [4.69, 9.17) is 5.73 Å². The lowest BCUT2D eigenvalue weighted by molar-refractivity contribution is -0.120. The predicted octanol–water partition coefficient (Wildman–Crippen LogP) is 0.338. The smallest absolute Gasteiger partial charge is 0.221 e. The maximum absolute atomic E-state index is 11.3. The average molecular weight is 249 g/mol. The summed E-state index contributed by atoms with van der Waals surface area (Å²) in [6.45, 7) is 4.16. The van der Waals surface area contributed by atoms with Gasteiger partial charge in [0.2, 0.25) is 5.91 Å². The molecule has 18 heavy (non-hydrogen) atoms. The summed E-state index contributed by atoms with van der Waals surface area (Å²) in [6, 6.07) is 1.77. The fraction of sp³-hybridized carbons (Fsp3) is 0.583. The summed E-state index contributed by atoms with van der Waals surface area (Å²) < 4.78 is 0. The van der Waals surface area contributed by atoms with Crippen LogP contribution in [0.3, 0.4) is 0 Å². The van der Waals surface area contributed by atoms with Gasteiger partial charge in [0.15, 0.2) is 0 Å². The Hall–Kier alpha value is -1.85. The zero-order valence-corrected chi connectivity index (χ0v) is 10.6. The molecule has 0 aliphatic carbocycles. The number of hydrogen-bond acceptors (Lipinski definition) is 5. The molecule has 98 valence electrons. The Bertz CT molecular complexity index is 434. The van der Waals surface area contributed by atoms with Gasteiger partial charge >= 0.3 is 0 Å². The van der Waals surface area contributed by atoms with Crippen molar-refractivity contribution in [2.45, 2.75) is 26.2 Å². The minimum Gasteiger partial charge on any atom is -0.384 e. The topological polar surface area (TPSA) is 84.1 Å². The second-order valence-corrected chi connectivity index (χ2v) is 4.40. The number of amides is 1. The summed E-state index contributed by atoms with van der Waals surface area (Å²) in [5.41, 5.74) is 5.80. The first-order chi connectivity index (χ1) is 8.69. The number of nitrogens with two attached hydrogens (primary N) is 1. The van der Waals surface area contributed by atoms with Gasteiger partial charge in [0.25, 0.3) is 0 Å². The summed E-state index contributed by atoms with van der Waals surface area (Å²) in [7, 11) is 0. The van der Waals surface area contributed by atoms with E-state index in [1.807, 2.05) is 0 Å². The number of carbonyl (C=O) groups is 1. The zero-order chi connectivity index (χ0) is 13.0. The van der Waals surface area contributed by atoms with Crippen LogP contribution in [0.5, 0.6) is 0 Å². The molecule has 2 rings (SSSR count). The van der Waals surface area contributed by atoms with Crippen molar-refractivity contribution in [1.82, 2.24) is 15.3 Å². The Kier molecular flexibility index (Phi) is 3.96. The molecular weight excluding hydrogens is 230 g/mol. The Morgan fingerprint density at radius 3 is 3.06 bits per heavy atom. The molecule has 1 saturated heterocycles. The first-order valence-corrected chi connectivity index (χ1v) is 6.34. The van der Waals surface area contributed by atoms with Crippen LogP contribution in [0.15, 0.2) is 6.07 Å². The van der Waals surface area contributed by atoms with E-state index in [2.05, 4.69) is 27.1 Å². The number of aromatic nitrogens is 2. The van der Waals surface area contributed by atoms with Crippen molar-refractivity contribution in [3.05, 3.63) is 11.9 Å². The number of aryl methyl sites for hydroxylation is 1. The molecule has 0 unspecified atom stereocenters. The molecule has 1 aliphatic rings. The van der Waals surface area contributed by atoms with Gasteiger partial charge in [-0.15, -0.1) is 0 Å². The Balaban J connectivity index is 2.18. The van der Waals surface area contributed by atoms with Crippen LogP contribution in [0, 0.1) is 0 Å². The van der Waals surface area contributed by atoms with E-state index in [-0.39, 0.29) is 5.91 Å². The van der Waals surface area contributed by atoms with Gasteiger partial charge in [-0.2, -0.15) is 0 Å². The Morgan fingerprint density at radius 1 is 1.44 bits per heavy atom. The number of carbonyl (C=O) groups excluding carboxylic acids is 1. The van der Waals surface area contributed by atoms with Crippen molar-refractivity contribution in [2.75, 3.05) is 30.3 Å². The second-order valence-electron chi connectivity index (χ2n) is 4.40. The monoisotopic (exact) mass is 249 g/mol. The van der Waals surface area contributed by atoms with Crippen LogP contribution in [-0.2, 0) is 11.2 Å². The Labute approximate surface area is 107 Å². The quantitative estimate of drug-likeness (QED) is 0.807. The lowest BCUT2D eigenvalue weighted by Gasteiger charge is -2.21. The Morgan fingerprint density at radius 2 is 2.28 bits per heavy atom. The van der Waals surface area contributed by atoms with Crippen molar-refractivity contribution in [3.63, 3.8) is 0 Å². The molecule has 6 heteroatoms. The molecule has 0 saturated carbocycles. The minimum absolute atomic E-state index is 0.0910. The van der Waals surface area contributed by atoms with Gasteiger partial charge < -0.3 is 16.0 Å². The standard InChI is InChI=1S/C12H19N5O/c1-2-3-10-15-9(13)8-11(16-10)17-6-4-12(18)14-5-7-17/h8H,2-7H2,1H3,(H,14,18)(H2,13,15,16). The van der Waals surface area contributed by atoms with Gasteiger partial charge in [0.1, 0.15) is 17.5 Å². The van der Waals surface area contributed by atoms with Crippen LogP contribution < -0.4 is 16.0 Å². The molecule has 3 N–H and O–H groups in total. The van der Waals surface area contributed by atoms with Gasteiger partial charge in [-0.05, 0) is 6.42 Å². The van der Waals surface area contributed by atoms with E-state index in [0.29, 0.717) is 25.3 Å². The maximum Gasteiger partial charge on any atom is 0.221 e. The first-order valence-electron chi connectivity index (χ1n) is 6.34. The molecule has 1 aromatic heterocycles. The number of rotatable bonds is 3. The molecule has 6 nitrogen and oxygen atoms in total. The average Bonchev–Trinajstić information content (AvgIpc) is 2.54. The summed E-state index contributed by atoms with van der Waals surface area (Å²) in [5, 5.41) is 2.84. The number of nitrogens with one attached hydrogen (secondary N) is 1. The maximum atomic E-state index is 11.3. The van der Waals surface area contributed by atoms with Crippen molar-refractivity contribution in [2.24, 2.45) is 0 Å². The second kappa shape index (κ2) is 5.66. The van der Waals surface area contributed by atoms with E-state index in [9.17, 15) is 4.79 Å². The fourth-order valence-electron chi connectivity index (χ4n) is 2.00. The lowest BCUT2D eigenvalue weighted by Crippen LogP contribution is -2.29. The third-order valence-electron chi connectivity index (χ3n) is 2.89. The zero-order valence-electron chi connectivity index (χ0n) is 10.6. The van der Waals surface area contributed by atoms with Gasteiger partial charge in [0, 0.05) is 38.5 Å². The highest BCUT2D eigenvalue weighted by Crippen LogP contribution is 2.15. The summed E-state index contributed by atoms with van der Waals surface area (Å²) in [4.78, 5) is 22.1. The summed E-state index contributed by atoms with van der Waals surface area (Å²) in [5.74, 6) is 2.18. The first kappa shape index (κ1) is 12.6.